The highest BCUT2D eigenvalue weighted by molar-refractivity contribution is 6.00. The SMILES string of the molecule is CCCNc1ccc([N+](=O)[O-])cc1C(=O)NC1CC1C. The van der Waals surface area contributed by atoms with Gasteiger partial charge in [0.25, 0.3) is 11.6 Å². The molecule has 0 spiro atoms. The van der Waals surface area contributed by atoms with Crippen LogP contribution in [0.2, 0.25) is 0 Å². The highest BCUT2D eigenvalue weighted by atomic mass is 16.6. The van der Waals surface area contributed by atoms with Crippen molar-refractivity contribution in [3.8, 4) is 0 Å². The van der Waals surface area contributed by atoms with Gasteiger partial charge in [-0.1, -0.05) is 13.8 Å². The van der Waals surface area contributed by atoms with Gasteiger partial charge >= 0.3 is 0 Å². The van der Waals surface area contributed by atoms with Crippen LogP contribution in [0.1, 0.15) is 37.0 Å². The van der Waals surface area contributed by atoms with E-state index in [9.17, 15) is 14.9 Å². The Balaban J connectivity index is 2.22. The molecule has 1 fully saturated rings. The van der Waals surface area contributed by atoms with Crippen molar-refractivity contribution in [3.05, 3.63) is 33.9 Å². The van der Waals surface area contributed by atoms with E-state index in [0.717, 1.165) is 19.4 Å². The number of benzene rings is 1. The number of nitro benzene ring substituents is 1. The number of amides is 1. The lowest BCUT2D eigenvalue weighted by atomic mass is 10.1. The van der Waals surface area contributed by atoms with Crippen molar-refractivity contribution in [3.63, 3.8) is 0 Å². The van der Waals surface area contributed by atoms with Gasteiger partial charge in [-0.15, -0.1) is 0 Å². The Kier molecular flexibility index (Phi) is 4.22. The molecule has 2 atom stereocenters. The molecule has 1 aromatic carbocycles. The van der Waals surface area contributed by atoms with Gasteiger partial charge in [0.15, 0.2) is 0 Å². The van der Waals surface area contributed by atoms with E-state index in [2.05, 4.69) is 17.6 Å². The summed E-state index contributed by atoms with van der Waals surface area (Å²) in [5.74, 6) is 0.242. The first-order chi connectivity index (χ1) is 9.52. The van der Waals surface area contributed by atoms with Gasteiger partial charge in [-0.3, -0.25) is 14.9 Å². The molecule has 1 aromatic rings. The van der Waals surface area contributed by atoms with Crippen molar-refractivity contribution in [1.82, 2.24) is 5.32 Å². The van der Waals surface area contributed by atoms with Crippen LogP contribution in [-0.2, 0) is 0 Å². The van der Waals surface area contributed by atoms with Crippen LogP contribution in [0, 0.1) is 16.0 Å². The van der Waals surface area contributed by atoms with Crippen LogP contribution in [0.25, 0.3) is 0 Å². The van der Waals surface area contributed by atoms with Crippen molar-refractivity contribution >= 4 is 17.3 Å². The van der Waals surface area contributed by atoms with Crippen LogP contribution in [0.15, 0.2) is 18.2 Å². The van der Waals surface area contributed by atoms with Crippen LogP contribution in [0.3, 0.4) is 0 Å². The summed E-state index contributed by atoms with van der Waals surface area (Å²) in [5.41, 5.74) is 0.913. The normalized spacial score (nSPS) is 20.3. The monoisotopic (exact) mass is 277 g/mol. The number of hydrogen-bond acceptors (Lipinski definition) is 4. The molecular weight excluding hydrogens is 258 g/mol. The first-order valence-corrected chi connectivity index (χ1v) is 6.86. The molecular formula is C14H19N3O3. The molecule has 108 valence electrons. The van der Waals surface area contributed by atoms with Gasteiger partial charge in [-0.05, 0) is 24.8 Å². The van der Waals surface area contributed by atoms with Gasteiger partial charge in [-0.25, -0.2) is 0 Å². The number of hydrogen-bond donors (Lipinski definition) is 2. The maximum Gasteiger partial charge on any atom is 0.270 e. The van der Waals surface area contributed by atoms with Crippen molar-refractivity contribution in [2.75, 3.05) is 11.9 Å². The summed E-state index contributed by atoms with van der Waals surface area (Å²) in [5, 5.41) is 16.9. The van der Waals surface area contributed by atoms with Crippen LogP contribution >= 0.6 is 0 Å². The van der Waals surface area contributed by atoms with E-state index in [1.807, 2.05) is 6.92 Å². The lowest BCUT2D eigenvalue weighted by Gasteiger charge is -2.11. The number of anilines is 1. The summed E-state index contributed by atoms with van der Waals surface area (Å²) in [4.78, 5) is 22.6. The minimum Gasteiger partial charge on any atom is -0.384 e. The molecule has 1 aliphatic rings. The number of carbonyl (C=O) groups is 1. The zero-order chi connectivity index (χ0) is 14.7. The average Bonchev–Trinajstić information content (AvgIpc) is 3.11. The topological polar surface area (TPSA) is 84.3 Å². The van der Waals surface area contributed by atoms with E-state index in [1.54, 1.807) is 6.07 Å². The second kappa shape index (κ2) is 5.90. The van der Waals surface area contributed by atoms with E-state index in [0.29, 0.717) is 17.2 Å². The van der Waals surface area contributed by atoms with Crippen LogP contribution in [-0.4, -0.2) is 23.4 Å². The Bertz CT molecular complexity index is 530. The minimum atomic E-state index is -0.486. The second-order valence-electron chi connectivity index (χ2n) is 5.21. The molecule has 2 unspecified atom stereocenters. The zero-order valence-electron chi connectivity index (χ0n) is 11.7. The first-order valence-electron chi connectivity index (χ1n) is 6.86. The summed E-state index contributed by atoms with van der Waals surface area (Å²) in [6, 6.07) is 4.54. The third-order valence-corrected chi connectivity index (χ3v) is 3.45. The molecule has 1 amide bonds. The van der Waals surface area contributed by atoms with Gasteiger partial charge in [-0.2, -0.15) is 0 Å². The largest absolute Gasteiger partial charge is 0.384 e. The minimum absolute atomic E-state index is 0.0685. The lowest BCUT2D eigenvalue weighted by Crippen LogP contribution is -2.27. The van der Waals surface area contributed by atoms with Crippen molar-refractivity contribution in [2.24, 2.45) is 5.92 Å². The molecule has 0 saturated heterocycles. The van der Waals surface area contributed by atoms with Gasteiger partial charge < -0.3 is 10.6 Å². The smallest absolute Gasteiger partial charge is 0.270 e. The summed E-state index contributed by atoms with van der Waals surface area (Å²) in [7, 11) is 0. The van der Waals surface area contributed by atoms with Gasteiger partial charge in [0.1, 0.15) is 0 Å². The number of nitro groups is 1. The summed E-state index contributed by atoms with van der Waals surface area (Å²) in [6.45, 7) is 4.80. The van der Waals surface area contributed by atoms with E-state index < -0.39 is 4.92 Å². The summed E-state index contributed by atoms with van der Waals surface area (Å²) < 4.78 is 0. The maximum atomic E-state index is 12.2. The molecule has 1 saturated carbocycles. The van der Waals surface area contributed by atoms with Crippen molar-refractivity contribution < 1.29 is 9.72 Å². The van der Waals surface area contributed by atoms with Crippen LogP contribution in [0.4, 0.5) is 11.4 Å². The third kappa shape index (κ3) is 3.26. The Hall–Kier alpha value is -2.11. The molecule has 1 aliphatic carbocycles. The molecule has 0 radical (unpaired) electrons. The number of carbonyl (C=O) groups excluding carboxylic acids is 1. The number of nitrogens with zero attached hydrogens (tertiary/aromatic N) is 1. The fourth-order valence-corrected chi connectivity index (χ4v) is 2.02. The van der Waals surface area contributed by atoms with E-state index in [1.165, 1.54) is 12.1 Å². The van der Waals surface area contributed by atoms with Crippen LogP contribution < -0.4 is 10.6 Å². The molecule has 0 aliphatic heterocycles. The fourth-order valence-electron chi connectivity index (χ4n) is 2.02. The molecule has 2 rings (SSSR count). The van der Waals surface area contributed by atoms with Gasteiger partial charge in [0.05, 0.1) is 10.5 Å². The van der Waals surface area contributed by atoms with Crippen molar-refractivity contribution in [2.45, 2.75) is 32.7 Å². The molecule has 2 N–H and O–H groups in total. The predicted octanol–water partition coefficient (Wildman–Crippen LogP) is 2.55. The molecule has 0 heterocycles. The molecule has 6 heteroatoms. The predicted molar refractivity (Wildman–Crippen MR) is 76.9 cm³/mol. The quantitative estimate of drug-likeness (QED) is 0.618. The lowest BCUT2D eigenvalue weighted by molar-refractivity contribution is -0.384. The Morgan fingerprint density at radius 3 is 2.75 bits per heavy atom. The molecule has 6 nitrogen and oxygen atoms in total. The van der Waals surface area contributed by atoms with Crippen molar-refractivity contribution in [1.29, 1.82) is 0 Å². The average molecular weight is 277 g/mol. The Labute approximate surface area is 117 Å². The van der Waals surface area contributed by atoms with Crippen LogP contribution in [0.5, 0.6) is 0 Å². The molecule has 20 heavy (non-hydrogen) atoms. The fraction of sp³-hybridized carbons (Fsp3) is 0.500. The zero-order valence-corrected chi connectivity index (χ0v) is 11.7. The van der Waals surface area contributed by atoms with E-state index in [-0.39, 0.29) is 17.6 Å². The number of non-ortho nitro benzene ring substituents is 1. The van der Waals surface area contributed by atoms with Gasteiger partial charge in [0, 0.05) is 30.4 Å². The second-order valence-corrected chi connectivity index (χ2v) is 5.21. The summed E-state index contributed by atoms with van der Waals surface area (Å²) >= 11 is 0. The molecule has 0 bridgehead atoms. The number of nitrogens with one attached hydrogen (secondary N) is 2. The highest BCUT2D eigenvalue weighted by Crippen LogP contribution is 2.30. The van der Waals surface area contributed by atoms with E-state index >= 15 is 0 Å². The highest BCUT2D eigenvalue weighted by Gasteiger charge is 2.34. The van der Waals surface area contributed by atoms with Gasteiger partial charge in [0.2, 0.25) is 0 Å². The Morgan fingerprint density at radius 1 is 1.50 bits per heavy atom. The summed E-state index contributed by atoms with van der Waals surface area (Å²) in [6.07, 6.45) is 1.89. The molecule has 0 aromatic heterocycles. The third-order valence-electron chi connectivity index (χ3n) is 3.45. The van der Waals surface area contributed by atoms with E-state index in [4.69, 9.17) is 0 Å². The standard InChI is InChI=1S/C14H19N3O3/c1-3-6-15-12-5-4-10(17(19)20)8-11(12)14(18)16-13-7-9(13)2/h4-5,8-9,13,15H,3,6-7H2,1-2H3,(H,16,18). The maximum absolute atomic E-state index is 12.2. The first kappa shape index (κ1) is 14.3. The number of rotatable bonds is 6. The Morgan fingerprint density at radius 2 is 2.20 bits per heavy atom.